The molecule has 2 N–H and O–H groups in total. The predicted octanol–water partition coefficient (Wildman–Crippen LogP) is 5.01. The number of hydrogen-bond acceptors (Lipinski definition) is 6. The summed E-state index contributed by atoms with van der Waals surface area (Å²) in [6.45, 7) is 8.98. The smallest absolute Gasteiger partial charge is 0.159 e. The molecule has 0 amide bonds. The zero-order valence-electron chi connectivity index (χ0n) is 15.3. The Morgan fingerprint density at radius 2 is 1.71 bits per heavy atom. The third-order valence-corrected chi connectivity index (χ3v) is 4.92. The molecular weight excluding hydrogens is 370 g/mol. The molecule has 0 aliphatic heterocycles. The zero-order chi connectivity index (χ0) is 19.9. The minimum absolute atomic E-state index is 0.137. The van der Waals surface area contributed by atoms with E-state index < -0.39 is 0 Å². The second-order valence-corrected chi connectivity index (χ2v) is 7.07. The Hall–Kier alpha value is -3.38. The summed E-state index contributed by atoms with van der Waals surface area (Å²) in [6, 6.07) is 6.96. The number of aromatic nitrogens is 2. The van der Waals surface area contributed by atoms with Crippen molar-refractivity contribution in [2.24, 2.45) is 0 Å². The van der Waals surface area contributed by atoms with Gasteiger partial charge in [-0.3, -0.25) is 0 Å². The lowest BCUT2D eigenvalue weighted by molar-refractivity contribution is 0.405. The summed E-state index contributed by atoms with van der Waals surface area (Å²) < 4.78 is 0.822. The molecule has 6 heteroatoms. The highest BCUT2D eigenvalue weighted by Gasteiger charge is 2.06. The van der Waals surface area contributed by atoms with E-state index in [1.165, 1.54) is 23.5 Å². The van der Waals surface area contributed by atoms with Crippen LogP contribution in [0.1, 0.15) is 10.6 Å². The molecule has 0 unspecified atom stereocenters. The van der Waals surface area contributed by atoms with Gasteiger partial charge >= 0.3 is 0 Å². The zero-order valence-corrected chi connectivity index (χ0v) is 16.1. The Bertz CT molecular complexity index is 987. The SMILES string of the molecule is C=CCN(CC=C)c1ccc(/C=C/C=C/c2nc3cc(O)c(O)cc3s2)cn1. The van der Waals surface area contributed by atoms with Crippen molar-refractivity contribution >= 4 is 39.5 Å². The van der Waals surface area contributed by atoms with Gasteiger partial charge in [-0.2, -0.15) is 0 Å². The van der Waals surface area contributed by atoms with Crippen molar-refractivity contribution in [1.29, 1.82) is 0 Å². The average Bonchev–Trinajstić information content (AvgIpc) is 3.07. The second kappa shape index (κ2) is 9.01. The van der Waals surface area contributed by atoms with E-state index in [1.807, 2.05) is 54.8 Å². The third kappa shape index (κ3) is 4.66. The van der Waals surface area contributed by atoms with Gasteiger partial charge in [0.05, 0.1) is 10.2 Å². The number of hydrogen-bond donors (Lipinski definition) is 2. The summed E-state index contributed by atoms with van der Waals surface area (Å²) >= 11 is 1.44. The molecule has 0 saturated heterocycles. The summed E-state index contributed by atoms with van der Waals surface area (Å²) in [5.74, 6) is 0.583. The van der Waals surface area contributed by atoms with Crippen molar-refractivity contribution in [3.63, 3.8) is 0 Å². The minimum atomic E-state index is -0.163. The fourth-order valence-corrected chi connectivity index (χ4v) is 3.50. The summed E-state index contributed by atoms with van der Waals surface area (Å²) in [5, 5.41) is 19.9. The van der Waals surface area contributed by atoms with Gasteiger partial charge in [0.2, 0.25) is 0 Å². The first-order chi connectivity index (χ1) is 13.6. The van der Waals surface area contributed by atoms with E-state index in [-0.39, 0.29) is 11.5 Å². The molecule has 0 bridgehead atoms. The number of anilines is 1. The molecule has 0 spiro atoms. The lowest BCUT2D eigenvalue weighted by atomic mass is 10.2. The fourth-order valence-electron chi connectivity index (χ4n) is 2.60. The van der Waals surface area contributed by atoms with Crippen LogP contribution in [0.4, 0.5) is 5.82 Å². The number of aromatic hydroxyl groups is 2. The lowest BCUT2D eigenvalue weighted by Crippen LogP contribution is -2.23. The summed E-state index contributed by atoms with van der Waals surface area (Å²) in [5.41, 5.74) is 1.65. The van der Waals surface area contributed by atoms with Crippen molar-refractivity contribution < 1.29 is 10.2 Å². The number of pyridine rings is 1. The number of fused-ring (bicyclic) bond motifs is 1. The largest absolute Gasteiger partial charge is 0.504 e. The summed E-state index contributed by atoms with van der Waals surface area (Å²) in [7, 11) is 0. The molecule has 3 aromatic rings. The van der Waals surface area contributed by atoms with Gasteiger partial charge in [-0.15, -0.1) is 24.5 Å². The Morgan fingerprint density at radius 1 is 1.00 bits per heavy atom. The van der Waals surface area contributed by atoms with Gasteiger partial charge in [0, 0.05) is 31.4 Å². The highest BCUT2D eigenvalue weighted by molar-refractivity contribution is 7.19. The van der Waals surface area contributed by atoms with Crippen molar-refractivity contribution in [2.75, 3.05) is 18.0 Å². The Morgan fingerprint density at radius 3 is 2.39 bits per heavy atom. The standard InChI is InChI=1S/C22H21N3O2S/c1-3-11-25(12-4-2)21-10-9-16(15-23-21)7-5-6-8-22-24-17-13-18(26)19(27)14-20(17)28-22/h3-10,13-15,26-27H,1-2,11-12H2/b7-5+,8-6+. The highest BCUT2D eigenvalue weighted by Crippen LogP contribution is 2.33. The second-order valence-electron chi connectivity index (χ2n) is 6.01. The molecule has 2 aromatic heterocycles. The quantitative estimate of drug-likeness (QED) is 0.321. The molecule has 0 aliphatic rings. The number of allylic oxidation sites excluding steroid dienone is 2. The lowest BCUT2D eigenvalue weighted by Gasteiger charge is -2.20. The van der Waals surface area contributed by atoms with Gasteiger partial charge in [-0.25, -0.2) is 9.97 Å². The maximum atomic E-state index is 9.56. The van der Waals surface area contributed by atoms with Crippen LogP contribution in [0.3, 0.4) is 0 Å². The first-order valence-corrected chi connectivity index (χ1v) is 9.52. The van der Waals surface area contributed by atoms with Gasteiger partial charge in [-0.05, 0) is 23.8 Å². The van der Waals surface area contributed by atoms with Crippen LogP contribution in [0, 0.1) is 0 Å². The molecule has 0 atom stereocenters. The molecule has 28 heavy (non-hydrogen) atoms. The third-order valence-electron chi connectivity index (χ3n) is 3.93. The number of thiazole rings is 1. The van der Waals surface area contributed by atoms with Gasteiger partial charge in [0.15, 0.2) is 11.5 Å². The molecule has 1 aromatic carbocycles. The minimum Gasteiger partial charge on any atom is -0.504 e. The fraction of sp³-hybridized carbons (Fsp3) is 0.0909. The number of rotatable bonds is 8. The van der Waals surface area contributed by atoms with Gasteiger partial charge in [-0.1, -0.05) is 30.4 Å². The number of phenols is 2. The van der Waals surface area contributed by atoms with Crippen LogP contribution in [0.2, 0.25) is 0 Å². The highest BCUT2D eigenvalue weighted by atomic mass is 32.1. The Balaban J connectivity index is 1.67. The topological polar surface area (TPSA) is 69.5 Å². The molecule has 3 rings (SSSR count). The van der Waals surface area contributed by atoms with Crippen molar-refractivity contribution in [3.05, 3.63) is 78.5 Å². The van der Waals surface area contributed by atoms with Gasteiger partial charge in [0.25, 0.3) is 0 Å². The van der Waals surface area contributed by atoms with Crippen LogP contribution in [0.25, 0.3) is 22.4 Å². The van der Waals surface area contributed by atoms with Crippen molar-refractivity contribution in [3.8, 4) is 11.5 Å². The van der Waals surface area contributed by atoms with Crippen molar-refractivity contribution in [1.82, 2.24) is 9.97 Å². The first kappa shape index (κ1) is 19.4. The maximum absolute atomic E-state index is 9.56. The van der Waals surface area contributed by atoms with E-state index in [1.54, 1.807) is 0 Å². The average molecular weight is 391 g/mol. The summed E-state index contributed by atoms with van der Waals surface area (Å²) in [6.07, 6.45) is 13.2. The normalized spacial score (nSPS) is 11.4. The predicted molar refractivity (Wildman–Crippen MR) is 118 cm³/mol. The van der Waals surface area contributed by atoms with E-state index >= 15 is 0 Å². The number of nitrogens with zero attached hydrogens (tertiary/aromatic N) is 3. The molecular formula is C22H21N3O2S. The molecule has 0 radical (unpaired) electrons. The van der Waals surface area contributed by atoms with E-state index in [4.69, 9.17) is 0 Å². The van der Waals surface area contributed by atoms with Crippen LogP contribution in [0.5, 0.6) is 11.5 Å². The Kier molecular flexibility index (Phi) is 6.24. The first-order valence-electron chi connectivity index (χ1n) is 8.70. The van der Waals surface area contributed by atoms with Gasteiger partial charge < -0.3 is 15.1 Å². The van der Waals surface area contributed by atoms with Gasteiger partial charge in [0.1, 0.15) is 10.8 Å². The molecule has 2 heterocycles. The van der Waals surface area contributed by atoms with E-state index in [0.717, 1.165) is 21.1 Å². The van der Waals surface area contributed by atoms with Crippen LogP contribution >= 0.6 is 11.3 Å². The van der Waals surface area contributed by atoms with E-state index in [2.05, 4.69) is 28.0 Å². The van der Waals surface area contributed by atoms with Crippen LogP contribution in [0.15, 0.2) is 67.9 Å². The maximum Gasteiger partial charge on any atom is 0.159 e. The number of phenolic OH excluding ortho intramolecular Hbond substituents is 2. The van der Waals surface area contributed by atoms with E-state index in [9.17, 15) is 10.2 Å². The van der Waals surface area contributed by atoms with Crippen LogP contribution in [-0.2, 0) is 0 Å². The van der Waals surface area contributed by atoms with Crippen LogP contribution < -0.4 is 4.90 Å². The summed E-state index contributed by atoms with van der Waals surface area (Å²) in [4.78, 5) is 11.0. The molecule has 5 nitrogen and oxygen atoms in total. The van der Waals surface area contributed by atoms with E-state index in [0.29, 0.717) is 18.6 Å². The molecule has 0 aliphatic carbocycles. The van der Waals surface area contributed by atoms with Crippen LogP contribution in [-0.4, -0.2) is 33.3 Å². The van der Waals surface area contributed by atoms with Crippen molar-refractivity contribution in [2.45, 2.75) is 0 Å². The Labute approximate surface area is 167 Å². The number of benzene rings is 1. The molecule has 0 fully saturated rings. The molecule has 142 valence electrons. The molecule has 0 saturated carbocycles. The monoisotopic (exact) mass is 391 g/mol.